The van der Waals surface area contributed by atoms with E-state index in [1.807, 2.05) is 24.3 Å². The lowest BCUT2D eigenvalue weighted by atomic mass is 9.86. The van der Waals surface area contributed by atoms with Gasteiger partial charge in [-0.15, -0.1) is 0 Å². The number of aromatic amines is 1. The molecule has 0 spiro atoms. The fraction of sp³-hybridized carbons (Fsp3) is 0.391. The van der Waals surface area contributed by atoms with Crippen LogP contribution in [0.25, 0.3) is 11.1 Å². The molecule has 2 aromatic carbocycles. The lowest BCUT2D eigenvalue weighted by Gasteiger charge is -2.34. The molecule has 7 heteroatoms. The third kappa shape index (κ3) is 3.84. The van der Waals surface area contributed by atoms with Gasteiger partial charge in [-0.2, -0.15) is 0 Å². The minimum atomic E-state index is -0.494. The minimum absolute atomic E-state index is 0.0961. The average molecular weight is 407 g/mol. The molecule has 2 aliphatic rings. The van der Waals surface area contributed by atoms with Gasteiger partial charge in [-0.1, -0.05) is 30.3 Å². The Kier molecular flexibility index (Phi) is 5.02. The number of carbonyl (C=O) groups excluding carboxylic acids is 1. The maximum atomic E-state index is 13.3. The second kappa shape index (κ2) is 7.83. The first-order chi connectivity index (χ1) is 14.5. The number of carbonyl (C=O) groups is 1. The summed E-state index contributed by atoms with van der Waals surface area (Å²) < 4.78 is 5.04. The number of hydrogen-bond donors (Lipinski definition) is 3. The normalized spacial score (nSPS) is 24.2. The number of nitrogens with one attached hydrogen (secondary N) is 2. The number of fused-ring (bicyclic) bond motifs is 2. The van der Waals surface area contributed by atoms with E-state index in [2.05, 4.69) is 21.3 Å². The Labute approximate surface area is 173 Å². The maximum Gasteiger partial charge on any atom is 0.417 e. The monoisotopic (exact) mass is 407 g/mol. The Balaban J connectivity index is 1.36. The van der Waals surface area contributed by atoms with E-state index >= 15 is 0 Å². The molecule has 1 fully saturated rings. The molecule has 0 saturated carbocycles. The van der Waals surface area contributed by atoms with Crippen molar-refractivity contribution in [3.05, 3.63) is 69.7 Å². The summed E-state index contributed by atoms with van der Waals surface area (Å²) in [5.41, 5.74) is 4.18. The number of ketones is 1. The van der Waals surface area contributed by atoms with Crippen LogP contribution in [0.2, 0.25) is 0 Å². The van der Waals surface area contributed by atoms with Crippen LogP contribution in [0.5, 0.6) is 0 Å². The van der Waals surface area contributed by atoms with E-state index in [4.69, 9.17) is 4.42 Å². The molecule has 1 aromatic heterocycles. The summed E-state index contributed by atoms with van der Waals surface area (Å²) in [4.78, 5) is 29.6. The Bertz CT molecular complexity index is 1130. The number of oxazole rings is 1. The Morgan fingerprint density at radius 1 is 1.23 bits per heavy atom. The SMILES string of the molecule is O=C(Cc1ccc2oc(=O)[nH]c2c1)C1NC(CN2CC[C@H](O)C2)Cc2ccccc21. The van der Waals surface area contributed by atoms with Crippen LogP contribution in [0.1, 0.15) is 29.2 Å². The molecule has 3 atom stereocenters. The number of β-amino-alcohol motifs (C(OH)–C–C–N with tert-alkyl or cyclic N) is 1. The number of aliphatic hydroxyl groups is 1. The predicted molar refractivity (Wildman–Crippen MR) is 112 cm³/mol. The maximum absolute atomic E-state index is 13.3. The molecule has 2 unspecified atom stereocenters. The molecule has 3 N–H and O–H groups in total. The number of Topliss-reactive ketones (excluding diaryl/α,β-unsaturated/α-hetero) is 1. The number of likely N-dealkylation sites (tertiary alicyclic amines) is 1. The number of nitrogens with zero attached hydrogens (tertiary/aromatic N) is 1. The average Bonchev–Trinajstić information content (AvgIpc) is 3.31. The van der Waals surface area contributed by atoms with Crippen molar-refractivity contribution >= 4 is 16.9 Å². The van der Waals surface area contributed by atoms with E-state index in [-0.39, 0.29) is 30.4 Å². The molecule has 5 rings (SSSR count). The number of aromatic nitrogens is 1. The third-order valence-corrected chi connectivity index (χ3v) is 6.14. The highest BCUT2D eigenvalue weighted by Crippen LogP contribution is 2.28. The van der Waals surface area contributed by atoms with Gasteiger partial charge in [-0.3, -0.25) is 20.0 Å². The van der Waals surface area contributed by atoms with Gasteiger partial charge in [0, 0.05) is 32.1 Å². The van der Waals surface area contributed by atoms with Crippen LogP contribution < -0.4 is 11.1 Å². The summed E-state index contributed by atoms with van der Waals surface area (Å²) in [6.07, 6.45) is 1.70. The van der Waals surface area contributed by atoms with Crippen LogP contribution in [-0.2, 0) is 17.6 Å². The standard InChI is InChI=1S/C23H25N3O4/c27-17-7-8-26(13-17)12-16-11-15-3-1-2-4-18(15)22(24-16)20(28)10-14-5-6-21-19(9-14)25-23(29)30-21/h1-6,9,16-17,22,24,27H,7-8,10-13H2,(H,25,29)/t16?,17-,22?/m0/s1. The first-order valence-corrected chi connectivity index (χ1v) is 10.4. The van der Waals surface area contributed by atoms with Gasteiger partial charge in [-0.05, 0) is 41.7 Å². The van der Waals surface area contributed by atoms with Crippen molar-refractivity contribution in [2.24, 2.45) is 0 Å². The Hall–Kier alpha value is -2.74. The first kappa shape index (κ1) is 19.2. The quantitative estimate of drug-likeness (QED) is 0.594. The highest BCUT2D eigenvalue weighted by Gasteiger charge is 2.32. The number of hydrogen-bond acceptors (Lipinski definition) is 6. The van der Waals surface area contributed by atoms with E-state index in [1.54, 1.807) is 12.1 Å². The second-order valence-electron chi connectivity index (χ2n) is 8.39. The second-order valence-corrected chi connectivity index (χ2v) is 8.39. The number of aliphatic hydroxyl groups excluding tert-OH is 1. The molecule has 0 aliphatic carbocycles. The molecule has 7 nitrogen and oxygen atoms in total. The van der Waals surface area contributed by atoms with Gasteiger partial charge in [0.25, 0.3) is 0 Å². The van der Waals surface area contributed by atoms with Crippen molar-refractivity contribution in [2.75, 3.05) is 19.6 Å². The van der Waals surface area contributed by atoms with E-state index in [9.17, 15) is 14.7 Å². The van der Waals surface area contributed by atoms with E-state index in [0.717, 1.165) is 37.1 Å². The lowest BCUT2D eigenvalue weighted by Crippen LogP contribution is -2.48. The van der Waals surface area contributed by atoms with Gasteiger partial charge in [0.2, 0.25) is 0 Å². The molecule has 3 aromatic rings. The van der Waals surface area contributed by atoms with E-state index < -0.39 is 5.76 Å². The summed E-state index contributed by atoms with van der Waals surface area (Å²) >= 11 is 0. The smallest absolute Gasteiger partial charge is 0.408 e. The molecule has 156 valence electrons. The van der Waals surface area contributed by atoms with Crippen molar-refractivity contribution in [3.8, 4) is 0 Å². The Morgan fingerprint density at radius 2 is 2.10 bits per heavy atom. The minimum Gasteiger partial charge on any atom is -0.408 e. The fourth-order valence-corrected chi connectivity index (χ4v) is 4.74. The van der Waals surface area contributed by atoms with Gasteiger partial charge in [0.1, 0.15) is 0 Å². The van der Waals surface area contributed by atoms with Crippen LogP contribution in [0.4, 0.5) is 0 Å². The lowest BCUT2D eigenvalue weighted by molar-refractivity contribution is -0.121. The summed E-state index contributed by atoms with van der Waals surface area (Å²) in [6.45, 7) is 2.40. The van der Waals surface area contributed by atoms with Gasteiger partial charge in [0.05, 0.1) is 17.7 Å². The van der Waals surface area contributed by atoms with E-state index in [0.29, 0.717) is 17.6 Å². The zero-order valence-corrected chi connectivity index (χ0v) is 16.6. The Morgan fingerprint density at radius 3 is 2.93 bits per heavy atom. The molecular formula is C23H25N3O4. The van der Waals surface area contributed by atoms with Gasteiger partial charge in [-0.25, -0.2) is 4.79 Å². The van der Waals surface area contributed by atoms with Crippen LogP contribution in [0.15, 0.2) is 51.7 Å². The van der Waals surface area contributed by atoms with Crippen LogP contribution in [0, 0.1) is 0 Å². The molecule has 0 amide bonds. The highest BCUT2D eigenvalue weighted by molar-refractivity contribution is 5.88. The molecular weight excluding hydrogens is 382 g/mol. The molecule has 2 aliphatic heterocycles. The van der Waals surface area contributed by atoms with E-state index in [1.165, 1.54) is 5.56 Å². The fourth-order valence-electron chi connectivity index (χ4n) is 4.74. The molecule has 0 radical (unpaired) electrons. The molecule has 0 bridgehead atoms. The topological polar surface area (TPSA) is 98.6 Å². The molecule has 30 heavy (non-hydrogen) atoms. The van der Waals surface area contributed by atoms with Gasteiger partial charge < -0.3 is 9.52 Å². The highest BCUT2D eigenvalue weighted by atomic mass is 16.4. The van der Waals surface area contributed by atoms with Gasteiger partial charge in [0.15, 0.2) is 11.4 Å². The number of rotatable bonds is 5. The summed E-state index contributed by atoms with van der Waals surface area (Å²) in [6, 6.07) is 13.3. The summed E-state index contributed by atoms with van der Waals surface area (Å²) in [5.74, 6) is -0.398. The molecule has 3 heterocycles. The summed E-state index contributed by atoms with van der Waals surface area (Å²) in [5, 5.41) is 13.4. The third-order valence-electron chi connectivity index (χ3n) is 6.14. The molecule has 1 saturated heterocycles. The van der Waals surface area contributed by atoms with Crippen molar-refractivity contribution in [1.29, 1.82) is 0 Å². The van der Waals surface area contributed by atoms with Crippen LogP contribution in [0.3, 0.4) is 0 Å². The number of H-pyrrole nitrogens is 1. The van der Waals surface area contributed by atoms with Crippen LogP contribution >= 0.6 is 0 Å². The largest absolute Gasteiger partial charge is 0.417 e. The number of benzene rings is 2. The van der Waals surface area contributed by atoms with Crippen molar-refractivity contribution in [1.82, 2.24) is 15.2 Å². The summed E-state index contributed by atoms with van der Waals surface area (Å²) in [7, 11) is 0. The zero-order chi connectivity index (χ0) is 20.7. The van der Waals surface area contributed by atoms with Crippen molar-refractivity contribution in [3.63, 3.8) is 0 Å². The van der Waals surface area contributed by atoms with Crippen LogP contribution in [-0.4, -0.2) is 52.6 Å². The first-order valence-electron chi connectivity index (χ1n) is 10.4. The van der Waals surface area contributed by atoms with Crippen molar-refractivity contribution < 1.29 is 14.3 Å². The predicted octanol–water partition coefficient (Wildman–Crippen LogP) is 1.55. The zero-order valence-electron chi connectivity index (χ0n) is 16.6. The van der Waals surface area contributed by atoms with Crippen molar-refractivity contribution in [2.45, 2.75) is 37.5 Å². The van der Waals surface area contributed by atoms with Gasteiger partial charge >= 0.3 is 5.76 Å².